The van der Waals surface area contributed by atoms with Crippen molar-refractivity contribution in [3.05, 3.63) is 62.5 Å². The lowest BCUT2D eigenvalue weighted by atomic mass is 10.1. The number of aryl methyl sites for hydroxylation is 2. The van der Waals surface area contributed by atoms with Crippen molar-refractivity contribution in [3.63, 3.8) is 0 Å². The topological polar surface area (TPSA) is 61.7 Å². The Hall–Kier alpha value is -2.05. The number of nitrogens with zero attached hydrogens (tertiary/aromatic N) is 1. The number of hydrogen-bond acceptors (Lipinski definition) is 4. The van der Waals surface area contributed by atoms with Crippen LogP contribution < -0.4 is 5.32 Å². The summed E-state index contributed by atoms with van der Waals surface area (Å²) >= 11 is 4.69. The molecule has 2 aromatic carbocycles. The first kappa shape index (κ1) is 16.8. The molecule has 2 N–H and O–H groups in total. The fourth-order valence-corrected chi connectivity index (χ4v) is 3.44. The van der Waals surface area contributed by atoms with Crippen molar-refractivity contribution in [1.29, 1.82) is 0 Å². The maximum absolute atomic E-state index is 12.1. The molecule has 1 saturated heterocycles. The summed E-state index contributed by atoms with van der Waals surface area (Å²) in [6, 6.07) is 11.3. The summed E-state index contributed by atoms with van der Waals surface area (Å²) in [6.45, 7) is 3.68. The Morgan fingerprint density at radius 1 is 1.17 bits per heavy atom. The normalized spacial score (nSPS) is 17.5. The molecule has 0 unspecified atom stereocenters. The number of thioether (sulfide) groups is 1. The highest BCUT2D eigenvalue weighted by atomic mass is 79.9. The first-order valence-electron chi connectivity index (χ1n) is 7.28. The SMILES string of the molecule is Cc1cc(/C=C2\SC(=Nc3ccc(Br)cc3)NC2=O)cc(C)c1O. The molecule has 3 rings (SSSR count). The van der Waals surface area contributed by atoms with E-state index in [9.17, 15) is 9.90 Å². The van der Waals surface area contributed by atoms with Crippen LogP contribution in [0.25, 0.3) is 6.08 Å². The standard InChI is InChI=1S/C18H15BrN2O2S/c1-10-7-12(8-11(2)16(10)22)9-15-17(23)21-18(24-15)20-14-5-3-13(19)4-6-14/h3-9,22H,1-2H3,(H,20,21,23)/b15-9-. The maximum Gasteiger partial charge on any atom is 0.264 e. The number of carbonyl (C=O) groups excluding carboxylic acids is 1. The predicted octanol–water partition coefficient (Wildman–Crippen LogP) is 4.66. The molecule has 1 fully saturated rings. The minimum Gasteiger partial charge on any atom is -0.507 e. The van der Waals surface area contributed by atoms with Gasteiger partial charge >= 0.3 is 0 Å². The summed E-state index contributed by atoms with van der Waals surface area (Å²) < 4.78 is 0.980. The van der Waals surface area contributed by atoms with E-state index in [1.807, 2.05) is 56.3 Å². The van der Waals surface area contributed by atoms with Gasteiger partial charge in [-0.05, 0) is 84.8 Å². The second-order valence-electron chi connectivity index (χ2n) is 5.46. The minimum atomic E-state index is -0.167. The molecule has 0 aliphatic carbocycles. The number of hydrogen-bond donors (Lipinski definition) is 2. The number of aromatic hydroxyl groups is 1. The molecule has 4 nitrogen and oxygen atoms in total. The molecule has 0 bridgehead atoms. The Bertz CT molecular complexity index is 850. The van der Waals surface area contributed by atoms with E-state index in [0.717, 1.165) is 26.9 Å². The highest BCUT2D eigenvalue weighted by Crippen LogP contribution is 2.30. The van der Waals surface area contributed by atoms with Crippen molar-refractivity contribution in [2.45, 2.75) is 13.8 Å². The zero-order valence-electron chi connectivity index (χ0n) is 13.1. The Kier molecular flexibility index (Phi) is 4.78. The highest BCUT2D eigenvalue weighted by molar-refractivity contribution is 9.10. The largest absolute Gasteiger partial charge is 0.507 e. The zero-order chi connectivity index (χ0) is 17.3. The number of rotatable bonds is 2. The highest BCUT2D eigenvalue weighted by Gasteiger charge is 2.23. The lowest BCUT2D eigenvalue weighted by molar-refractivity contribution is -0.115. The molecule has 0 aromatic heterocycles. The number of phenols is 1. The second-order valence-corrected chi connectivity index (χ2v) is 7.41. The van der Waals surface area contributed by atoms with Crippen molar-refractivity contribution in [3.8, 4) is 5.75 Å². The van der Waals surface area contributed by atoms with Crippen molar-refractivity contribution in [2.24, 2.45) is 4.99 Å². The van der Waals surface area contributed by atoms with E-state index in [1.54, 1.807) is 0 Å². The number of benzene rings is 2. The molecular weight excluding hydrogens is 388 g/mol. The summed E-state index contributed by atoms with van der Waals surface area (Å²) in [6.07, 6.45) is 1.81. The fraction of sp³-hybridized carbons (Fsp3) is 0.111. The fourth-order valence-electron chi connectivity index (χ4n) is 2.34. The predicted molar refractivity (Wildman–Crippen MR) is 103 cm³/mol. The van der Waals surface area contributed by atoms with Crippen LogP contribution in [0.2, 0.25) is 0 Å². The maximum atomic E-state index is 12.1. The molecule has 2 aromatic rings. The van der Waals surface area contributed by atoms with Crippen LogP contribution >= 0.6 is 27.7 Å². The van der Waals surface area contributed by atoms with Gasteiger partial charge in [0.25, 0.3) is 5.91 Å². The van der Waals surface area contributed by atoms with Crippen molar-refractivity contribution < 1.29 is 9.90 Å². The van der Waals surface area contributed by atoms with Crippen molar-refractivity contribution in [2.75, 3.05) is 0 Å². The molecule has 0 atom stereocenters. The van der Waals surface area contributed by atoms with Gasteiger partial charge in [-0.3, -0.25) is 4.79 Å². The van der Waals surface area contributed by atoms with Crippen LogP contribution in [0.15, 0.2) is 50.8 Å². The summed E-state index contributed by atoms with van der Waals surface area (Å²) in [5.74, 6) is 0.123. The number of carbonyl (C=O) groups is 1. The number of amidine groups is 1. The van der Waals surface area contributed by atoms with Gasteiger partial charge in [0.15, 0.2) is 5.17 Å². The number of phenolic OH excluding ortho intramolecular Hbond substituents is 1. The lowest BCUT2D eigenvalue weighted by Gasteiger charge is -2.05. The van der Waals surface area contributed by atoms with Gasteiger partial charge < -0.3 is 10.4 Å². The van der Waals surface area contributed by atoms with Gasteiger partial charge in [0, 0.05) is 4.47 Å². The van der Waals surface area contributed by atoms with Gasteiger partial charge in [-0.15, -0.1) is 0 Å². The summed E-state index contributed by atoms with van der Waals surface area (Å²) in [5.41, 5.74) is 3.23. The van der Waals surface area contributed by atoms with Gasteiger partial charge in [-0.1, -0.05) is 15.9 Å². The number of nitrogens with one attached hydrogen (secondary N) is 1. The summed E-state index contributed by atoms with van der Waals surface area (Å²) in [4.78, 5) is 17.1. The third-order valence-corrected chi connectivity index (χ3v) is 4.96. The van der Waals surface area contributed by atoms with Gasteiger partial charge in [-0.2, -0.15) is 0 Å². The second kappa shape index (κ2) is 6.83. The minimum absolute atomic E-state index is 0.167. The van der Waals surface area contributed by atoms with Crippen LogP contribution in [-0.2, 0) is 4.79 Å². The smallest absolute Gasteiger partial charge is 0.264 e. The molecule has 122 valence electrons. The molecular formula is C18H15BrN2O2S. The van der Waals surface area contributed by atoms with Crippen LogP contribution in [0.5, 0.6) is 5.75 Å². The first-order valence-corrected chi connectivity index (χ1v) is 8.89. The first-order chi connectivity index (χ1) is 11.4. The molecule has 24 heavy (non-hydrogen) atoms. The Balaban J connectivity index is 1.86. The molecule has 1 aliphatic rings. The Morgan fingerprint density at radius 2 is 1.79 bits per heavy atom. The van der Waals surface area contributed by atoms with E-state index >= 15 is 0 Å². The monoisotopic (exact) mass is 402 g/mol. The average molecular weight is 403 g/mol. The van der Waals surface area contributed by atoms with Crippen LogP contribution in [0, 0.1) is 13.8 Å². The molecule has 1 heterocycles. The third kappa shape index (κ3) is 3.71. The van der Waals surface area contributed by atoms with E-state index < -0.39 is 0 Å². The Labute approximate surface area is 152 Å². The van der Waals surface area contributed by atoms with Crippen LogP contribution in [0.3, 0.4) is 0 Å². The van der Waals surface area contributed by atoms with E-state index in [1.165, 1.54) is 11.8 Å². The van der Waals surface area contributed by atoms with Crippen LogP contribution in [0.1, 0.15) is 16.7 Å². The van der Waals surface area contributed by atoms with Gasteiger partial charge in [0.1, 0.15) is 5.75 Å². The number of aliphatic imine (C=N–C) groups is 1. The van der Waals surface area contributed by atoms with E-state index in [-0.39, 0.29) is 11.7 Å². The van der Waals surface area contributed by atoms with Gasteiger partial charge in [0.05, 0.1) is 10.6 Å². The van der Waals surface area contributed by atoms with Crippen LogP contribution in [-0.4, -0.2) is 16.2 Å². The van der Waals surface area contributed by atoms with Gasteiger partial charge in [0.2, 0.25) is 0 Å². The molecule has 0 spiro atoms. The summed E-state index contributed by atoms with van der Waals surface area (Å²) in [7, 11) is 0. The molecule has 6 heteroatoms. The molecule has 0 saturated carbocycles. The van der Waals surface area contributed by atoms with Crippen LogP contribution in [0.4, 0.5) is 5.69 Å². The quantitative estimate of drug-likeness (QED) is 0.717. The molecule has 1 amide bonds. The van der Waals surface area contributed by atoms with Crippen molar-refractivity contribution >= 4 is 50.5 Å². The summed E-state index contributed by atoms with van der Waals surface area (Å²) in [5, 5.41) is 13.2. The van der Waals surface area contributed by atoms with E-state index in [4.69, 9.17) is 0 Å². The van der Waals surface area contributed by atoms with E-state index in [2.05, 4.69) is 26.2 Å². The third-order valence-electron chi connectivity index (χ3n) is 3.52. The van der Waals surface area contributed by atoms with Gasteiger partial charge in [-0.25, -0.2) is 4.99 Å². The molecule has 0 radical (unpaired) electrons. The molecule has 1 aliphatic heterocycles. The van der Waals surface area contributed by atoms with E-state index in [0.29, 0.717) is 10.1 Å². The number of halogens is 1. The zero-order valence-corrected chi connectivity index (χ0v) is 15.5. The van der Waals surface area contributed by atoms with Crippen molar-refractivity contribution in [1.82, 2.24) is 5.32 Å². The average Bonchev–Trinajstić information content (AvgIpc) is 2.87. The lowest BCUT2D eigenvalue weighted by Crippen LogP contribution is -2.19. The number of amides is 1. The Morgan fingerprint density at radius 3 is 2.42 bits per heavy atom.